The second kappa shape index (κ2) is 15.7. The molecule has 0 fully saturated rings. The zero-order valence-corrected chi connectivity index (χ0v) is 12.9. The summed E-state index contributed by atoms with van der Waals surface area (Å²) in [5, 5.41) is 17.5. The molecule has 0 aliphatic carbocycles. The predicted octanol–water partition coefficient (Wildman–Crippen LogP) is 1.15. The van der Waals surface area contributed by atoms with Crippen molar-refractivity contribution < 1.29 is 10.2 Å². The highest BCUT2D eigenvalue weighted by Gasteiger charge is 2.10. The molecular weight excluding hydrogens is 288 g/mol. The van der Waals surface area contributed by atoms with Crippen LogP contribution in [0.1, 0.15) is 0 Å². The molecule has 0 heterocycles. The lowest BCUT2D eigenvalue weighted by atomic mass is 10.3. The monoisotopic (exact) mass is 308 g/mol. The molecule has 2 atom stereocenters. The van der Waals surface area contributed by atoms with Gasteiger partial charge in [0, 0.05) is 23.0 Å². The number of thiol groups is 4. The average molecular weight is 309 g/mol. The molecule has 0 saturated carbocycles. The topological polar surface area (TPSA) is 40.5 Å². The molecule has 7 heteroatoms. The Morgan fingerprint density at radius 3 is 1.33 bits per heavy atom. The zero-order chi connectivity index (χ0) is 12.1. The molecule has 0 spiro atoms. The molecule has 0 aromatic rings. The Bertz CT molecular complexity index is 105. The van der Waals surface area contributed by atoms with Crippen LogP contribution in [0.2, 0.25) is 0 Å². The summed E-state index contributed by atoms with van der Waals surface area (Å²) in [5.74, 6) is 4.84. The maximum Gasteiger partial charge on any atom is 0.0894 e. The molecule has 0 bridgehead atoms. The van der Waals surface area contributed by atoms with Crippen LogP contribution in [0.15, 0.2) is 0 Å². The van der Waals surface area contributed by atoms with E-state index in [0.29, 0.717) is 0 Å². The fourth-order valence-corrected chi connectivity index (χ4v) is 2.20. The Kier molecular flexibility index (Phi) is 19.9. The summed E-state index contributed by atoms with van der Waals surface area (Å²) in [6, 6.07) is 0. The standard InChI is InChI=1S/C4H10O2S2.C4H10S3/c5-3(1-7)4(6)2-8;5-1-3-7-4-2-6/h3-8H,1-2H2;5-6H,1-4H2. The normalized spacial score (nSPS) is 14.0. The first kappa shape index (κ1) is 19.0. The Labute approximate surface area is 119 Å². The fraction of sp³-hybridized carbons (Fsp3) is 1.00. The van der Waals surface area contributed by atoms with Crippen molar-refractivity contribution in [2.24, 2.45) is 0 Å². The molecule has 0 aromatic carbocycles. The SMILES string of the molecule is OC(CS)C(O)CS.SCCSCCS. The van der Waals surface area contributed by atoms with E-state index in [1.54, 1.807) is 0 Å². The van der Waals surface area contributed by atoms with Crippen molar-refractivity contribution in [2.45, 2.75) is 12.2 Å². The van der Waals surface area contributed by atoms with Gasteiger partial charge in [-0.15, -0.1) is 0 Å². The van der Waals surface area contributed by atoms with Crippen LogP contribution in [0.25, 0.3) is 0 Å². The van der Waals surface area contributed by atoms with Gasteiger partial charge in [0.2, 0.25) is 0 Å². The van der Waals surface area contributed by atoms with E-state index in [9.17, 15) is 0 Å². The van der Waals surface area contributed by atoms with E-state index >= 15 is 0 Å². The summed E-state index contributed by atoms with van der Waals surface area (Å²) in [7, 11) is 0. The third kappa shape index (κ3) is 15.7. The number of hydrogen-bond donors (Lipinski definition) is 6. The molecule has 2 nitrogen and oxygen atoms in total. The molecule has 2 N–H and O–H groups in total. The minimum Gasteiger partial charge on any atom is -0.390 e. The van der Waals surface area contributed by atoms with Gasteiger partial charge in [0.25, 0.3) is 0 Å². The van der Waals surface area contributed by atoms with Crippen LogP contribution in [0.3, 0.4) is 0 Å². The van der Waals surface area contributed by atoms with Crippen molar-refractivity contribution in [1.82, 2.24) is 0 Å². The number of aliphatic hydroxyl groups excluding tert-OH is 2. The van der Waals surface area contributed by atoms with E-state index in [-0.39, 0.29) is 11.5 Å². The molecule has 0 aromatic heterocycles. The molecule has 0 rings (SSSR count). The lowest BCUT2D eigenvalue weighted by Gasteiger charge is -2.11. The second-order valence-electron chi connectivity index (χ2n) is 2.56. The van der Waals surface area contributed by atoms with Crippen LogP contribution in [0, 0.1) is 0 Å². The number of rotatable bonds is 7. The molecule has 94 valence electrons. The Morgan fingerprint density at radius 1 is 0.800 bits per heavy atom. The van der Waals surface area contributed by atoms with Crippen molar-refractivity contribution in [3.05, 3.63) is 0 Å². The van der Waals surface area contributed by atoms with E-state index in [1.165, 1.54) is 0 Å². The Hall–Kier alpha value is 1.67. The minimum absolute atomic E-state index is 0.279. The summed E-state index contributed by atoms with van der Waals surface area (Å²) in [6.45, 7) is 0. The van der Waals surface area contributed by atoms with Gasteiger partial charge in [0.05, 0.1) is 12.2 Å². The first-order chi connectivity index (χ1) is 7.13. The van der Waals surface area contributed by atoms with Crippen molar-refractivity contribution in [1.29, 1.82) is 0 Å². The smallest absolute Gasteiger partial charge is 0.0894 e. The summed E-state index contributed by atoms with van der Waals surface area (Å²) < 4.78 is 0. The lowest BCUT2D eigenvalue weighted by Crippen LogP contribution is -2.28. The number of thioether (sulfide) groups is 1. The number of hydrogen-bond acceptors (Lipinski definition) is 7. The van der Waals surface area contributed by atoms with Gasteiger partial charge in [-0.1, -0.05) is 0 Å². The van der Waals surface area contributed by atoms with Gasteiger partial charge in [0.15, 0.2) is 0 Å². The van der Waals surface area contributed by atoms with Gasteiger partial charge in [-0.3, -0.25) is 0 Å². The van der Waals surface area contributed by atoms with Crippen molar-refractivity contribution >= 4 is 62.3 Å². The van der Waals surface area contributed by atoms with E-state index in [1.807, 2.05) is 11.8 Å². The third-order valence-electron chi connectivity index (χ3n) is 1.29. The third-order valence-corrected chi connectivity index (χ3v) is 4.08. The molecule has 0 saturated heterocycles. The quantitative estimate of drug-likeness (QED) is 0.316. The lowest BCUT2D eigenvalue weighted by molar-refractivity contribution is 0.0504. The van der Waals surface area contributed by atoms with Crippen molar-refractivity contribution in [3.8, 4) is 0 Å². The highest BCUT2D eigenvalue weighted by Crippen LogP contribution is 1.99. The summed E-state index contributed by atoms with van der Waals surface area (Å²) >= 11 is 17.5. The van der Waals surface area contributed by atoms with Crippen molar-refractivity contribution in [2.75, 3.05) is 34.5 Å². The molecule has 0 aliphatic rings. The summed E-state index contributed by atoms with van der Waals surface area (Å²) in [6.07, 6.45) is -1.48. The van der Waals surface area contributed by atoms with E-state index in [4.69, 9.17) is 10.2 Å². The molecule has 0 radical (unpaired) electrons. The van der Waals surface area contributed by atoms with Crippen LogP contribution < -0.4 is 0 Å². The maximum absolute atomic E-state index is 8.75. The average Bonchev–Trinajstić information content (AvgIpc) is 2.28. The molecule has 2 unspecified atom stereocenters. The van der Waals surface area contributed by atoms with Crippen LogP contribution in [-0.4, -0.2) is 56.9 Å². The van der Waals surface area contributed by atoms with Gasteiger partial charge < -0.3 is 10.2 Å². The molecule has 15 heavy (non-hydrogen) atoms. The first-order valence-corrected chi connectivity index (χ1v) is 8.19. The van der Waals surface area contributed by atoms with Crippen LogP contribution >= 0.6 is 62.3 Å². The largest absolute Gasteiger partial charge is 0.390 e. The number of aliphatic hydroxyl groups is 2. The highest BCUT2D eigenvalue weighted by atomic mass is 32.2. The van der Waals surface area contributed by atoms with Crippen LogP contribution in [-0.2, 0) is 0 Å². The van der Waals surface area contributed by atoms with Crippen molar-refractivity contribution in [3.63, 3.8) is 0 Å². The predicted molar refractivity (Wildman–Crippen MR) is 84.8 cm³/mol. The minimum atomic E-state index is -0.740. The van der Waals surface area contributed by atoms with Gasteiger partial charge in [0.1, 0.15) is 0 Å². The van der Waals surface area contributed by atoms with Gasteiger partial charge >= 0.3 is 0 Å². The highest BCUT2D eigenvalue weighted by molar-refractivity contribution is 8.00. The van der Waals surface area contributed by atoms with E-state index in [0.717, 1.165) is 23.0 Å². The Morgan fingerprint density at radius 2 is 1.13 bits per heavy atom. The zero-order valence-electron chi connectivity index (χ0n) is 8.49. The maximum atomic E-state index is 8.75. The second-order valence-corrected chi connectivity index (χ2v) is 5.41. The van der Waals surface area contributed by atoms with Gasteiger partial charge in [-0.05, 0) is 11.5 Å². The van der Waals surface area contributed by atoms with E-state index < -0.39 is 12.2 Å². The van der Waals surface area contributed by atoms with Crippen LogP contribution in [0.4, 0.5) is 0 Å². The summed E-state index contributed by atoms with van der Waals surface area (Å²) in [4.78, 5) is 0. The first-order valence-electron chi connectivity index (χ1n) is 4.51. The van der Waals surface area contributed by atoms with Gasteiger partial charge in [-0.25, -0.2) is 0 Å². The molecule has 0 aliphatic heterocycles. The molecular formula is C8H20O2S5. The van der Waals surface area contributed by atoms with E-state index in [2.05, 4.69) is 50.5 Å². The van der Waals surface area contributed by atoms with Crippen LogP contribution in [0.5, 0.6) is 0 Å². The Balaban J connectivity index is 0. The fourth-order valence-electron chi connectivity index (χ4n) is 0.475. The summed E-state index contributed by atoms with van der Waals surface area (Å²) in [5.41, 5.74) is 0. The molecule has 0 amide bonds. The van der Waals surface area contributed by atoms with Gasteiger partial charge in [-0.2, -0.15) is 62.3 Å².